The summed E-state index contributed by atoms with van der Waals surface area (Å²) in [7, 11) is 0. The zero-order chi connectivity index (χ0) is 15.2. The molecule has 3 rings (SSSR count). The summed E-state index contributed by atoms with van der Waals surface area (Å²) in [6.45, 7) is 0.198. The van der Waals surface area contributed by atoms with Gasteiger partial charge < -0.3 is 4.57 Å². The second-order valence-corrected chi connectivity index (χ2v) is 4.90. The van der Waals surface area contributed by atoms with Crippen molar-refractivity contribution in [3.8, 4) is 0 Å². The number of nitrogens with one attached hydrogen (secondary N) is 1. The lowest BCUT2D eigenvalue weighted by Crippen LogP contribution is -2.22. The molecule has 5 heteroatoms. The molecule has 0 atom stereocenters. The van der Waals surface area contributed by atoms with Crippen molar-refractivity contribution in [2.24, 2.45) is 5.10 Å². The van der Waals surface area contributed by atoms with Gasteiger partial charge in [0, 0.05) is 12.6 Å². The Hall–Kier alpha value is -2.95. The van der Waals surface area contributed by atoms with E-state index in [1.807, 2.05) is 54.6 Å². The van der Waals surface area contributed by atoms with Gasteiger partial charge in [0.2, 0.25) is 0 Å². The summed E-state index contributed by atoms with van der Waals surface area (Å²) in [5.41, 5.74) is 5.51. The summed E-state index contributed by atoms with van der Waals surface area (Å²) in [6, 6.07) is 17.7. The van der Waals surface area contributed by atoms with Crippen LogP contribution in [0.1, 0.15) is 5.56 Å². The van der Waals surface area contributed by atoms with Gasteiger partial charge in [-0.05, 0) is 17.7 Å². The molecule has 0 saturated heterocycles. The second kappa shape index (κ2) is 6.67. The van der Waals surface area contributed by atoms with Gasteiger partial charge in [-0.3, -0.25) is 4.79 Å². The molecule has 1 aromatic heterocycles. The molecule has 1 heterocycles. The van der Waals surface area contributed by atoms with Crippen LogP contribution in [0, 0.1) is 0 Å². The summed E-state index contributed by atoms with van der Waals surface area (Å²) >= 11 is 0. The van der Waals surface area contributed by atoms with Crippen LogP contribution in [0.3, 0.4) is 0 Å². The van der Waals surface area contributed by atoms with E-state index in [1.165, 1.54) is 0 Å². The number of carbonyl (C=O) groups is 1. The van der Waals surface area contributed by atoms with E-state index in [2.05, 4.69) is 15.5 Å². The van der Waals surface area contributed by atoms with Crippen molar-refractivity contribution in [1.29, 1.82) is 0 Å². The van der Waals surface area contributed by atoms with E-state index in [0.717, 1.165) is 16.6 Å². The Morgan fingerprint density at radius 2 is 1.91 bits per heavy atom. The number of rotatable bonds is 5. The average Bonchev–Trinajstić information content (AvgIpc) is 2.96. The van der Waals surface area contributed by atoms with Crippen molar-refractivity contribution in [1.82, 2.24) is 15.0 Å². The SMILES string of the molecule is O=C(Cn1cnc2ccccc21)N/N=C/Cc1ccccc1. The first-order valence-electron chi connectivity index (χ1n) is 7.07. The fourth-order valence-corrected chi connectivity index (χ4v) is 2.21. The molecule has 0 radical (unpaired) electrons. The van der Waals surface area contributed by atoms with Crippen molar-refractivity contribution in [3.05, 3.63) is 66.5 Å². The van der Waals surface area contributed by atoms with E-state index < -0.39 is 0 Å². The highest BCUT2D eigenvalue weighted by atomic mass is 16.2. The Labute approximate surface area is 128 Å². The van der Waals surface area contributed by atoms with E-state index >= 15 is 0 Å². The van der Waals surface area contributed by atoms with E-state index in [4.69, 9.17) is 0 Å². The summed E-state index contributed by atoms with van der Waals surface area (Å²) in [6.07, 6.45) is 4.05. The van der Waals surface area contributed by atoms with E-state index in [0.29, 0.717) is 6.42 Å². The van der Waals surface area contributed by atoms with Crippen LogP contribution in [-0.4, -0.2) is 21.7 Å². The zero-order valence-electron chi connectivity index (χ0n) is 12.0. The second-order valence-electron chi connectivity index (χ2n) is 4.90. The van der Waals surface area contributed by atoms with Crippen LogP contribution in [0.15, 0.2) is 66.0 Å². The Bertz CT molecular complexity index is 793. The van der Waals surface area contributed by atoms with Gasteiger partial charge in [0.25, 0.3) is 5.91 Å². The number of amides is 1. The molecular weight excluding hydrogens is 276 g/mol. The van der Waals surface area contributed by atoms with Crippen LogP contribution in [0.4, 0.5) is 0 Å². The van der Waals surface area contributed by atoms with Crippen LogP contribution in [0.25, 0.3) is 11.0 Å². The molecule has 0 aliphatic heterocycles. The number of nitrogens with zero attached hydrogens (tertiary/aromatic N) is 3. The molecule has 110 valence electrons. The number of para-hydroxylation sites is 2. The maximum Gasteiger partial charge on any atom is 0.260 e. The molecule has 0 aliphatic rings. The van der Waals surface area contributed by atoms with Crippen LogP contribution >= 0.6 is 0 Å². The number of aromatic nitrogens is 2. The fourth-order valence-electron chi connectivity index (χ4n) is 2.21. The normalized spacial score (nSPS) is 11.1. The van der Waals surface area contributed by atoms with E-state index in [-0.39, 0.29) is 12.5 Å². The average molecular weight is 292 g/mol. The maximum atomic E-state index is 11.9. The van der Waals surface area contributed by atoms with Gasteiger partial charge in [-0.2, -0.15) is 5.10 Å². The van der Waals surface area contributed by atoms with Crippen molar-refractivity contribution in [2.45, 2.75) is 13.0 Å². The molecular formula is C17H16N4O. The molecule has 5 nitrogen and oxygen atoms in total. The molecule has 1 N–H and O–H groups in total. The number of fused-ring (bicyclic) bond motifs is 1. The molecule has 1 amide bonds. The lowest BCUT2D eigenvalue weighted by molar-refractivity contribution is -0.121. The van der Waals surface area contributed by atoms with Crippen LogP contribution in [-0.2, 0) is 17.8 Å². The third-order valence-corrected chi connectivity index (χ3v) is 3.29. The van der Waals surface area contributed by atoms with E-state index in [1.54, 1.807) is 17.1 Å². The highest BCUT2D eigenvalue weighted by Crippen LogP contribution is 2.11. The van der Waals surface area contributed by atoms with Crippen molar-refractivity contribution in [2.75, 3.05) is 0 Å². The number of imidazole rings is 1. The topological polar surface area (TPSA) is 59.3 Å². The van der Waals surface area contributed by atoms with Gasteiger partial charge in [-0.25, -0.2) is 10.4 Å². The van der Waals surface area contributed by atoms with Gasteiger partial charge in [-0.15, -0.1) is 0 Å². The molecule has 3 aromatic rings. The molecule has 0 fully saturated rings. The summed E-state index contributed by atoms with van der Waals surface area (Å²) in [4.78, 5) is 16.1. The van der Waals surface area contributed by atoms with Gasteiger partial charge in [0.15, 0.2) is 0 Å². The first-order chi connectivity index (χ1) is 10.8. The number of carbonyl (C=O) groups excluding carboxylic acids is 1. The Kier molecular flexibility index (Phi) is 4.25. The van der Waals surface area contributed by atoms with Gasteiger partial charge in [0.1, 0.15) is 6.54 Å². The standard InChI is InChI=1S/C17H16N4O/c22-17(20-19-11-10-14-6-2-1-3-7-14)12-21-13-18-15-8-4-5-9-16(15)21/h1-9,11,13H,10,12H2,(H,20,22)/b19-11+. The maximum absolute atomic E-state index is 11.9. The third kappa shape index (κ3) is 3.38. The molecule has 0 bridgehead atoms. The number of hydrogen-bond acceptors (Lipinski definition) is 3. The van der Waals surface area contributed by atoms with Gasteiger partial charge in [0.05, 0.1) is 17.4 Å². The quantitative estimate of drug-likeness (QED) is 0.580. The molecule has 0 unspecified atom stereocenters. The van der Waals surface area contributed by atoms with Crippen molar-refractivity contribution in [3.63, 3.8) is 0 Å². The molecule has 0 spiro atoms. The molecule has 2 aromatic carbocycles. The fraction of sp³-hybridized carbons (Fsp3) is 0.118. The zero-order valence-corrected chi connectivity index (χ0v) is 12.0. The molecule has 0 saturated carbocycles. The van der Waals surface area contributed by atoms with Crippen LogP contribution < -0.4 is 5.43 Å². The minimum absolute atomic E-state index is 0.174. The highest BCUT2D eigenvalue weighted by Gasteiger charge is 2.05. The molecule has 0 aliphatic carbocycles. The summed E-state index contributed by atoms with van der Waals surface area (Å²) in [5, 5.41) is 3.97. The van der Waals surface area contributed by atoms with Crippen LogP contribution in [0.2, 0.25) is 0 Å². The first kappa shape index (κ1) is 14.0. The minimum atomic E-state index is -0.174. The lowest BCUT2D eigenvalue weighted by Gasteiger charge is -2.02. The largest absolute Gasteiger partial charge is 0.321 e. The number of hydrogen-bond donors (Lipinski definition) is 1. The third-order valence-electron chi connectivity index (χ3n) is 3.29. The predicted octanol–water partition coefficient (Wildman–Crippen LogP) is 2.38. The number of benzene rings is 2. The molecule has 22 heavy (non-hydrogen) atoms. The Morgan fingerprint density at radius 1 is 1.14 bits per heavy atom. The first-order valence-corrected chi connectivity index (χ1v) is 7.07. The smallest absolute Gasteiger partial charge is 0.260 e. The predicted molar refractivity (Wildman–Crippen MR) is 86.5 cm³/mol. The Morgan fingerprint density at radius 3 is 2.77 bits per heavy atom. The van der Waals surface area contributed by atoms with Crippen molar-refractivity contribution >= 4 is 23.2 Å². The van der Waals surface area contributed by atoms with Crippen molar-refractivity contribution < 1.29 is 4.79 Å². The summed E-state index contributed by atoms with van der Waals surface area (Å²) < 4.78 is 1.80. The van der Waals surface area contributed by atoms with E-state index in [9.17, 15) is 4.79 Å². The monoisotopic (exact) mass is 292 g/mol. The van der Waals surface area contributed by atoms with Gasteiger partial charge in [-0.1, -0.05) is 42.5 Å². The van der Waals surface area contributed by atoms with Crippen LogP contribution in [0.5, 0.6) is 0 Å². The summed E-state index contributed by atoms with van der Waals surface area (Å²) in [5.74, 6) is -0.174. The Balaban J connectivity index is 1.54. The lowest BCUT2D eigenvalue weighted by atomic mass is 10.2. The van der Waals surface area contributed by atoms with Gasteiger partial charge >= 0.3 is 0 Å². The number of hydrazone groups is 1. The highest BCUT2D eigenvalue weighted by molar-refractivity contribution is 5.80. The minimum Gasteiger partial charge on any atom is -0.321 e.